The van der Waals surface area contributed by atoms with Crippen molar-refractivity contribution in [2.45, 2.75) is 72.3 Å². The average molecular weight is 300 g/mol. The molecule has 3 aliphatic rings. The Hall–Kier alpha value is -0.980. The molecule has 5 atom stereocenters. The van der Waals surface area contributed by atoms with Crippen molar-refractivity contribution >= 4 is 0 Å². The molecular formula is C21H33N. The van der Waals surface area contributed by atoms with Gasteiger partial charge in [0.15, 0.2) is 0 Å². The van der Waals surface area contributed by atoms with Crippen LogP contribution < -0.4 is 5.32 Å². The van der Waals surface area contributed by atoms with Gasteiger partial charge in [0.1, 0.15) is 0 Å². The van der Waals surface area contributed by atoms with Crippen LogP contribution >= 0.6 is 0 Å². The van der Waals surface area contributed by atoms with Crippen molar-refractivity contribution in [2.75, 3.05) is 0 Å². The Balaban J connectivity index is 1.92. The highest BCUT2D eigenvalue weighted by Crippen LogP contribution is 2.48. The zero-order chi connectivity index (χ0) is 15.9. The Morgan fingerprint density at radius 3 is 2.68 bits per heavy atom. The summed E-state index contributed by atoms with van der Waals surface area (Å²) >= 11 is 0. The molecule has 22 heavy (non-hydrogen) atoms. The summed E-state index contributed by atoms with van der Waals surface area (Å²) in [6, 6.07) is 0.607. The van der Waals surface area contributed by atoms with E-state index in [1.165, 1.54) is 49.8 Å². The lowest BCUT2D eigenvalue weighted by molar-refractivity contribution is 0.110. The molecule has 0 radical (unpaired) electrons. The van der Waals surface area contributed by atoms with Gasteiger partial charge in [0, 0.05) is 17.7 Å². The molecule has 1 saturated carbocycles. The van der Waals surface area contributed by atoms with Crippen LogP contribution in [0.1, 0.15) is 66.2 Å². The van der Waals surface area contributed by atoms with Crippen LogP contribution in [0.3, 0.4) is 0 Å². The summed E-state index contributed by atoms with van der Waals surface area (Å²) in [5, 5.41) is 3.81. The Bertz CT molecular complexity index is 510. The van der Waals surface area contributed by atoms with Gasteiger partial charge in [-0.3, -0.25) is 0 Å². The van der Waals surface area contributed by atoms with Gasteiger partial charge >= 0.3 is 0 Å². The number of nitrogens with one attached hydrogen (secondary N) is 1. The Morgan fingerprint density at radius 2 is 1.95 bits per heavy atom. The zero-order valence-electron chi connectivity index (χ0n) is 14.9. The summed E-state index contributed by atoms with van der Waals surface area (Å²) in [5.41, 5.74) is 6.03. The lowest BCUT2D eigenvalue weighted by atomic mass is 9.61. The van der Waals surface area contributed by atoms with Crippen LogP contribution in [0.5, 0.6) is 0 Å². The van der Waals surface area contributed by atoms with Gasteiger partial charge in [-0.15, -0.1) is 0 Å². The van der Waals surface area contributed by atoms with Crippen LogP contribution in [-0.2, 0) is 0 Å². The molecule has 122 valence electrons. The van der Waals surface area contributed by atoms with Crippen LogP contribution in [0.15, 0.2) is 35.1 Å². The molecule has 0 bridgehead atoms. The lowest BCUT2D eigenvalue weighted by Crippen LogP contribution is -2.53. The van der Waals surface area contributed by atoms with Gasteiger partial charge in [0.05, 0.1) is 0 Å². The average Bonchev–Trinajstić information content (AvgIpc) is 2.50. The lowest BCUT2D eigenvalue weighted by Gasteiger charge is -2.50. The maximum atomic E-state index is 4.38. The first-order valence-electron chi connectivity index (χ1n) is 9.41. The molecule has 0 aromatic heterocycles. The largest absolute Gasteiger partial charge is 0.381 e. The van der Waals surface area contributed by atoms with Gasteiger partial charge in [-0.05, 0) is 55.4 Å². The molecule has 2 aliphatic carbocycles. The molecule has 1 N–H and O–H groups in total. The van der Waals surface area contributed by atoms with E-state index in [1.807, 2.05) is 0 Å². The molecule has 1 heterocycles. The second kappa shape index (κ2) is 6.26. The molecule has 0 amide bonds. The van der Waals surface area contributed by atoms with Crippen molar-refractivity contribution in [3.63, 3.8) is 0 Å². The first kappa shape index (κ1) is 15.9. The smallest absolute Gasteiger partial charge is 0.0357 e. The monoisotopic (exact) mass is 299 g/mol. The molecule has 1 heteroatoms. The predicted octanol–water partition coefficient (Wildman–Crippen LogP) is 5.61. The number of allylic oxidation sites excluding steroid dienone is 2. The number of fused-ring (bicyclic) bond motifs is 2. The van der Waals surface area contributed by atoms with Crippen molar-refractivity contribution in [3.05, 3.63) is 35.1 Å². The highest BCUT2D eigenvalue weighted by atomic mass is 15.0. The normalized spacial score (nSPS) is 38.1. The highest BCUT2D eigenvalue weighted by Gasteiger charge is 2.44. The van der Waals surface area contributed by atoms with Crippen LogP contribution in [-0.4, -0.2) is 6.04 Å². The van der Waals surface area contributed by atoms with Gasteiger partial charge in [-0.1, -0.05) is 57.9 Å². The number of hydrogen-bond acceptors (Lipinski definition) is 1. The van der Waals surface area contributed by atoms with Gasteiger partial charge in [-0.2, -0.15) is 0 Å². The molecule has 0 aromatic carbocycles. The fraction of sp³-hybridized carbons (Fsp3) is 0.714. The highest BCUT2D eigenvalue weighted by molar-refractivity contribution is 5.49. The van der Waals surface area contributed by atoms with E-state index in [-0.39, 0.29) is 0 Å². The number of unbranched alkanes of at least 4 members (excludes halogenated alkanes) is 1. The summed E-state index contributed by atoms with van der Waals surface area (Å²) < 4.78 is 0. The fourth-order valence-corrected chi connectivity index (χ4v) is 5.07. The molecule has 1 fully saturated rings. The predicted molar refractivity (Wildman–Crippen MR) is 95.5 cm³/mol. The van der Waals surface area contributed by atoms with Gasteiger partial charge < -0.3 is 5.32 Å². The van der Waals surface area contributed by atoms with Gasteiger partial charge in [-0.25, -0.2) is 0 Å². The van der Waals surface area contributed by atoms with Crippen molar-refractivity contribution in [3.8, 4) is 0 Å². The van der Waals surface area contributed by atoms with Crippen molar-refractivity contribution in [1.82, 2.24) is 5.32 Å². The molecule has 0 spiro atoms. The standard InChI is InChI=1S/C21H33N/c1-6-7-8-17-9-10-18-19(12-17)16(5)22-21-15(4)13(2)11-14(3)20(18)21/h12-15,20-22H,5-11H2,1-4H3. The molecule has 0 aromatic rings. The van der Waals surface area contributed by atoms with Gasteiger partial charge in [0.2, 0.25) is 0 Å². The topological polar surface area (TPSA) is 12.0 Å². The Labute approximate surface area is 137 Å². The molecule has 5 unspecified atom stereocenters. The van der Waals surface area contributed by atoms with E-state index in [2.05, 4.69) is 45.7 Å². The second-order valence-electron chi connectivity index (χ2n) is 8.07. The van der Waals surface area contributed by atoms with Crippen LogP contribution in [0, 0.1) is 23.7 Å². The Kier molecular flexibility index (Phi) is 4.52. The van der Waals surface area contributed by atoms with E-state index in [0.29, 0.717) is 6.04 Å². The van der Waals surface area contributed by atoms with Crippen LogP contribution in [0.25, 0.3) is 0 Å². The third-order valence-corrected chi connectivity index (χ3v) is 6.54. The summed E-state index contributed by atoms with van der Waals surface area (Å²) in [6.45, 7) is 14.0. The first-order chi connectivity index (χ1) is 10.5. The van der Waals surface area contributed by atoms with E-state index in [4.69, 9.17) is 0 Å². The molecule has 3 rings (SSSR count). The van der Waals surface area contributed by atoms with Crippen molar-refractivity contribution in [2.24, 2.45) is 23.7 Å². The summed E-state index contributed by atoms with van der Waals surface area (Å²) in [6.07, 6.45) is 10.3. The number of rotatable bonds is 3. The zero-order valence-corrected chi connectivity index (χ0v) is 14.9. The molecular weight excluding hydrogens is 266 g/mol. The van der Waals surface area contributed by atoms with E-state index in [1.54, 1.807) is 11.1 Å². The van der Waals surface area contributed by atoms with E-state index < -0.39 is 0 Å². The van der Waals surface area contributed by atoms with E-state index in [9.17, 15) is 0 Å². The third-order valence-electron chi connectivity index (χ3n) is 6.54. The number of hydrogen-bond donors (Lipinski definition) is 1. The Morgan fingerprint density at radius 1 is 1.18 bits per heavy atom. The summed E-state index contributed by atoms with van der Waals surface area (Å²) in [7, 11) is 0. The quantitative estimate of drug-likeness (QED) is 0.714. The SMILES string of the molecule is C=C1NC2C(C)C(C)CC(C)C2C2=C1C=C(CCCC)CC2. The summed E-state index contributed by atoms with van der Waals surface area (Å²) in [5.74, 6) is 3.10. The van der Waals surface area contributed by atoms with Crippen molar-refractivity contribution in [1.29, 1.82) is 0 Å². The van der Waals surface area contributed by atoms with Gasteiger partial charge in [0.25, 0.3) is 0 Å². The minimum atomic E-state index is 0.607. The first-order valence-corrected chi connectivity index (χ1v) is 9.41. The van der Waals surface area contributed by atoms with Crippen molar-refractivity contribution < 1.29 is 0 Å². The maximum absolute atomic E-state index is 4.38. The van der Waals surface area contributed by atoms with Crippen LogP contribution in [0.4, 0.5) is 0 Å². The minimum absolute atomic E-state index is 0.607. The van der Waals surface area contributed by atoms with Crippen LogP contribution in [0.2, 0.25) is 0 Å². The van der Waals surface area contributed by atoms with E-state index >= 15 is 0 Å². The van der Waals surface area contributed by atoms with E-state index in [0.717, 1.165) is 23.7 Å². The molecule has 1 nitrogen and oxygen atoms in total. The molecule has 0 saturated heterocycles. The molecule has 1 aliphatic heterocycles. The minimum Gasteiger partial charge on any atom is -0.381 e. The second-order valence-corrected chi connectivity index (χ2v) is 8.07. The fourth-order valence-electron chi connectivity index (χ4n) is 5.07. The third kappa shape index (κ3) is 2.68. The summed E-state index contributed by atoms with van der Waals surface area (Å²) in [4.78, 5) is 0. The maximum Gasteiger partial charge on any atom is 0.0357 e.